The average Bonchev–Trinajstić information content (AvgIpc) is 2.66. The molecule has 0 fully saturated rings. The van der Waals surface area contributed by atoms with Crippen molar-refractivity contribution in [3.8, 4) is 68.0 Å². The molecule has 8 nitrogen and oxygen atoms in total. The molecule has 6 heterocycles. The Hall–Kier alpha value is -11.2. The monoisotopic (exact) mass is 1050 g/mol. The van der Waals surface area contributed by atoms with Crippen LogP contribution in [0.3, 0.4) is 0 Å². The first-order valence-corrected chi connectivity index (χ1v) is 27.7. The highest BCUT2D eigenvalue weighted by Gasteiger charge is 2.27. The number of para-hydroxylation sites is 6. The highest BCUT2D eigenvalue weighted by Crippen LogP contribution is 2.47. The number of benzene rings is 11. The molecular formula is C74H46N8. The van der Waals surface area contributed by atoms with Gasteiger partial charge in [-0.3, -0.25) is 4.98 Å². The van der Waals surface area contributed by atoms with Crippen LogP contribution < -0.4 is 0 Å². The number of hydrogen-bond acceptors (Lipinski definition) is 4. The largest absolute Gasteiger partial charge is 0.309 e. The van der Waals surface area contributed by atoms with E-state index in [0.717, 1.165) is 105 Å². The van der Waals surface area contributed by atoms with Crippen LogP contribution >= 0.6 is 0 Å². The number of pyridine rings is 1. The molecular weight excluding hydrogens is 1000 g/mol. The maximum atomic E-state index is 5.30. The molecule has 0 spiro atoms. The molecule has 0 amide bonds. The van der Waals surface area contributed by atoms with E-state index in [4.69, 9.17) is 19.9 Å². The molecule has 0 aliphatic carbocycles. The van der Waals surface area contributed by atoms with Crippen LogP contribution in [0, 0.1) is 0 Å². The van der Waals surface area contributed by atoms with Crippen LogP contribution in [0.4, 0.5) is 0 Å². The third-order valence-electron chi connectivity index (χ3n) is 16.5. The molecule has 0 radical (unpaired) electrons. The fraction of sp³-hybridized carbons (Fsp3) is 0. The second-order valence-electron chi connectivity index (χ2n) is 21.0. The van der Waals surface area contributed by atoms with Gasteiger partial charge in [-0.05, 0) is 72.8 Å². The molecule has 0 aliphatic rings. The lowest BCUT2D eigenvalue weighted by Crippen LogP contribution is -2.04. The summed E-state index contributed by atoms with van der Waals surface area (Å²) >= 11 is 0. The zero-order valence-corrected chi connectivity index (χ0v) is 44.1. The lowest BCUT2D eigenvalue weighted by atomic mass is 9.99. The second-order valence-corrected chi connectivity index (χ2v) is 21.0. The van der Waals surface area contributed by atoms with Crippen molar-refractivity contribution in [2.45, 2.75) is 0 Å². The SMILES string of the molecule is c1ccc(-c2nc(-c3ccccc3)nc(-c3ccc(-c4ccncc4-n4c5ccccc5c5c4ccc4c6ccccc6n(-c6ccccc6)c45)c(-n4c5ccccc5c5c4ccc4c6ccccc6n(-c6ccccc6)c45)c3)n2)cc1. The predicted octanol–water partition coefficient (Wildman–Crippen LogP) is 18.3. The summed E-state index contributed by atoms with van der Waals surface area (Å²) in [6.07, 6.45) is 3.96. The highest BCUT2D eigenvalue weighted by atomic mass is 15.1. The van der Waals surface area contributed by atoms with Crippen molar-refractivity contribution in [1.82, 2.24) is 38.2 Å². The number of aromatic nitrogens is 8. The van der Waals surface area contributed by atoms with Crippen LogP contribution in [0.1, 0.15) is 0 Å². The van der Waals surface area contributed by atoms with Crippen LogP contribution in [0.15, 0.2) is 279 Å². The summed E-state index contributed by atoms with van der Waals surface area (Å²) in [6.45, 7) is 0. The van der Waals surface area contributed by atoms with E-state index in [9.17, 15) is 0 Å². The Bertz CT molecular complexity index is 5330. The van der Waals surface area contributed by atoms with Crippen molar-refractivity contribution in [2.75, 3.05) is 0 Å². The molecule has 382 valence electrons. The van der Waals surface area contributed by atoms with Crippen molar-refractivity contribution in [2.24, 2.45) is 0 Å². The number of fused-ring (bicyclic) bond motifs is 14. The summed E-state index contributed by atoms with van der Waals surface area (Å²) in [6, 6.07) is 95.2. The van der Waals surface area contributed by atoms with Crippen LogP contribution in [-0.2, 0) is 0 Å². The number of nitrogens with zero attached hydrogens (tertiary/aromatic N) is 8. The second kappa shape index (κ2) is 18.2. The molecule has 8 heteroatoms. The van der Waals surface area contributed by atoms with Gasteiger partial charge in [-0.15, -0.1) is 0 Å². The molecule has 0 saturated heterocycles. The van der Waals surface area contributed by atoms with Crippen molar-refractivity contribution in [3.05, 3.63) is 279 Å². The predicted molar refractivity (Wildman–Crippen MR) is 337 cm³/mol. The van der Waals surface area contributed by atoms with Crippen LogP contribution in [-0.4, -0.2) is 38.2 Å². The third-order valence-corrected chi connectivity index (χ3v) is 16.5. The van der Waals surface area contributed by atoms with Crippen LogP contribution in [0.25, 0.3) is 155 Å². The number of hydrogen-bond donors (Lipinski definition) is 0. The smallest absolute Gasteiger partial charge is 0.164 e. The van der Waals surface area contributed by atoms with Gasteiger partial charge in [0.25, 0.3) is 0 Å². The number of rotatable bonds is 8. The minimum atomic E-state index is 0.572. The first-order valence-electron chi connectivity index (χ1n) is 27.7. The zero-order chi connectivity index (χ0) is 53.8. The molecule has 0 atom stereocenters. The fourth-order valence-electron chi connectivity index (χ4n) is 13.0. The minimum absolute atomic E-state index is 0.572. The van der Waals surface area contributed by atoms with Gasteiger partial charge in [0.2, 0.25) is 0 Å². The van der Waals surface area contributed by atoms with Crippen molar-refractivity contribution in [1.29, 1.82) is 0 Å². The van der Waals surface area contributed by atoms with Crippen LogP contribution in [0.5, 0.6) is 0 Å². The van der Waals surface area contributed by atoms with Crippen molar-refractivity contribution >= 4 is 87.2 Å². The van der Waals surface area contributed by atoms with E-state index in [0.29, 0.717) is 17.5 Å². The third kappa shape index (κ3) is 6.85. The Morgan fingerprint density at radius 1 is 0.256 bits per heavy atom. The molecule has 11 aromatic carbocycles. The van der Waals surface area contributed by atoms with Gasteiger partial charge < -0.3 is 18.3 Å². The molecule has 0 aliphatic heterocycles. The van der Waals surface area contributed by atoms with E-state index in [2.05, 4.69) is 249 Å². The van der Waals surface area contributed by atoms with Gasteiger partial charge in [0.05, 0.1) is 61.7 Å². The van der Waals surface area contributed by atoms with Crippen molar-refractivity contribution < 1.29 is 0 Å². The van der Waals surface area contributed by atoms with Gasteiger partial charge in [0.1, 0.15) is 0 Å². The van der Waals surface area contributed by atoms with E-state index < -0.39 is 0 Å². The lowest BCUT2D eigenvalue weighted by molar-refractivity contribution is 1.07. The summed E-state index contributed by atoms with van der Waals surface area (Å²) in [7, 11) is 0. The Kier molecular flexibility index (Phi) is 10.1. The summed E-state index contributed by atoms with van der Waals surface area (Å²) in [4.78, 5) is 20.7. The van der Waals surface area contributed by atoms with Gasteiger partial charge in [0.15, 0.2) is 17.5 Å². The molecule has 17 rings (SSSR count). The maximum Gasteiger partial charge on any atom is 0.164 e. The minimum Gasteiger partial charge on any atom is -0.309 e. The molecule has 6 aromatic heterocycles. The zero-order valence-electron chi connectivity index (χ0n) is 44.1. The summed E-state index contributed by atoms with van der Waals surface area (Å²) in [5.74, 6) is 1.78. The Balaban J connectivity index is 0.983. The van der Waals surface area contributed by atoms with E-state index in [-0.39, 0.29) is 0 Å². The van der Waals surface area contributed by atoms with Gasteiger partial charge >= 0.3 is 0 Å². The fourth-order valence-corrected chi connectivity index (χ4v) is 13.0. The maximum absolute atomic E-state index is 5.30. The standard InChI is InChI=1S/C74H46N8/c1-5-21-47(22-6-1)72-76-73(48-23-7-2-8-24-48)78-74(77-72)49-37-38-54(66(45-49)81-62-35-19-15-31-58(62)68-64(81)41-39-56-52-29-13-17-33-60(52)79(70(56)68)50-25-9-3-10-26-50)55-43-44-75-46-67(55)82-63-36-20-16-32-59(63)69-65(82)42-40-57-53-30-14-18-34-61(53)80(71(57)69)51-27-11-4-12-28-51/h1-46H. The van der Waals surface area contributed by atoms with Crippen molar-refractivity contribution in [3.63, 3.8) is 0 Å². The first kappa shape index (κ1) is 45.8. The summed E-state index contributed by atoms with van der Waals surface area (Å²) in [5.41, 5.74) is 17.8. The van der Waals surface area contributed by atoms with Gasteiger partial charge in [-0.25, -0.2) is 15.0 Å². The van der Waals surface area contributed by atoms with E-state index in [1.165, 1.54) is 32.4 Å². The topological polar surface area (TPSA) is 71.3 Å². The molecule has 0 N–H and O–H groups in total. The first-order chi connectivity index (χ1) is 40.7. The lowest BCUT2D eigenvalue weighted by Gasteiger charge is -2.19. The molecule has 0 bridgehead atoms. The van der Waals surface area contributed by atoms with Gasteiger partial charge in [0, 0.05) is 88.5 Å². The molecule has 17 aromatic rings. The van der Waals surface area contributed by atoms with E-state index in [1.54, 1.807) is 0 Å². The van der Waals surface area contributed by atoms with Gasteiger partial charge in [-0.1, -0.05) is 194 Å². The summed E-state index contributed by atoms with van der Waals surface area (Å²) in [5, 5.41) is 9.46. The normalized spacial score (nSPS) is 11.9. The molecule has 0 saturated carbocycles. The Morgan fingerprint density at radius 2 is 0.646 bits per heavy atom. The summed E-state index contributed by atoms with van der Waals surface area (Å²) < 4.78 is 9.77. The molecule has 82 heavy (non-hydrogen) atoms. The molecule has 0 unspecified atom stereocenters. The highest BCUT2D eigenvalue weighted by molar-refractivity contribution is 6.28. The Labute approximate surface area is 470 Å². The van der Waals surface area contributed by atoms with Gasteiger partial charge in [-0.2, -0.15) is 0 Å². The quantitative estimate of drug-likeness (QED) is 0.152. The Morgan fingerprint density at radius 3 is 1.13 bits per heavy atom. The van der Waals surface area contributed by atoms with E-state index in [1.807, 2.05) is 48.8 Å². The van der Waals surface area contributed by atoms with Crippen LogP contribution in [0.2, 0.25) is 0 Å². The average molecular weight is 1050 g/mol. The van der Waals surface area contributed by atoms with E-state index >= 15 is 0 Å².